The Labute approximate surface area is 130 Å². The second kappa shape index (κ2) is 6.65. The fraction of sp³-hybridized carbons (Fsp3) is 0.571. The van der Waals surface area contributed by atoms with E-state index in [-0.39, 0.29) is 10.8 Å². The molecular formula is C14H19Cl2NO2S. The van der Waals surface area contributed by atoms with Crippen molar-refractivity contribution in [2.24, 2.45) is 5.92 Å². The zero-order valence-electron chi connectivity index (χ0n) is 11.5. The largest absolute Gasteiger partial charge is 0.243 e. The third-order valence-corrected chi connectivity index (χ3v) is 6.25. The molecule has 0 amide bonds. The first kappa shape index (κ1) is 16.1. The summed E-state index contributed by atoms with van der Waals surface area (Å²) in [5.74, 6) is 0.758. The molecule has 1 aliphatic heterocycles. The van der Waals surface area contributed by atoms with E-state index < -0.39 is 10.0 Å². The number of rotatable bonds is 5. The SMILES string of the molecule is CCCC1CCN(S(=O)(=O)c2ccc(CCl)c(Cl)c2)C1. The van der Waals surface area contributed by atoms with E-state index in [0.29, 0.717) is 24.0 Å². The monoisotopic (exact) mass is 335 g/mol. The van der Waals surface area contributed by atoms with Crippen LogP contribution in [0.25, 0.3) is 0 Å². The van der Waals surface area contributed by atoms with Crippen LogP contribution >= 0.6 is 23.2 Å². The molecule has 1 fully saturated rings. The molecule has 0 N–H and O–H groups in total. The Hall–Kier alpha value is -0.290. The van der Waals surface area contributed by atoms with Crippen molar-refractivity contribution in [1.82, 2.24) is 4.31 Å². The molecule has 0 aromatic heterocycles. The summed E-state index contributed by atoms with van der Waals surface area (Å²) >= 11 is 11.8. The van der Waals surface area contributed by atoms with E-state index >= 15 is 0 Å². The molecule has 1 atom stereocenters. The first-order valence-electron chi connectivity index (χ1n) is 6.83. The van der Waals surface area contributed by atoms with E-state index in [0.717, 1.165) is 24.8 Å². The van der Waals surface area contributed by atoms with Gasteiger partial charge in [0.15, 0.2) is 0 Å². The molecule has 20 heavy (non-hydrogen) atoms. The maximum atomic E-state index is 12.6. The van der Waals surface area contributed by atoms with Gasteiger partial charge in [-0.15, -0.1) is 11.6 Å². The van der Waals surface area contributed by atoms with Crippen molar-refractivity contribution < 1.29 is 8.42 Å². The zero-order chi connectivity index (χ0) is 14.8. The Kier molecular flexibility index (Phi) is 5.35. The van der Waals surface area contributed by atoms with Crippen LogP contribution in [0, 0.1) is 5.92 Å². The summed E-state index contributed by atoms with van der Waals surface area (Å²) in [6, 6.07) is 4.77. The van der Waals surface area contributed by atoms with E-state index in [1.54, 1.807) is 16.4 Å². The lowest BCUT2D eigenvalue weighted by molar-refractivity contribution is 0.444. The van der Waals surface area contributed by atoms with E-state index in [4.69, 9.17) is 23.2 Å². The molecular weight excluding hydrogens is 317 g/mol. The number of hydrogen-bond acceptors (Lipinski definition) is 2. The van der Waals surface area contributed by atoms with Crippen LogP contribution < -0.4 is 0 Å². The van der Waals surface area contributed by atoms with Crippen molar-refractivity contribution in [1.29, 1.82) is 0 Å². The number of alkyl halides is 1. The van der Waals surface area contributed by atoms with Crippen molar-refractivity contribution >= 4 is 33.2 Å². The van der Waals surface area contributed by atoms with Gasteiger partial charge in [-0.25, -0.2) is 8.42 Å². The molecule has 112 valence electrons. The lowest BCUT2D eigenvalue weighted by Crippen LogP contribution is -2.28. The second-order valence-corrected chi connectivity index (χ2v) is 7.81. The molecule has 0 aliphatic carbocycles. The highest BCUT2D eigenvalue weighted by Gasteiger charge is 2.32. The highest BCUT2D eigenvalue weighted by Crippen LogP contribution is 2.29. The smallest absolute Gasteiger partial charge is 0.207 e. The molecule has 1 saturated heterocycles. The maximum absolute atomic E-state index is 12.6. The Morgan fingerprint density at radius 2 is 2.15 bits per heavy atom. The van der Waals surface area contributed by atoms with Crippen molar-refractivity contribution in [3.63, 3.8) is 0 Å². The Balaban J connectivity index is 2.21. The van der Waals surface area contributed by atoms with E-state index in [2.05, 4.69) is 6.92 Å². The first-order chi connectivity index (χ1) is 9.48. The number of nitrogens with zero attached hydrogens (tertiary/aromatic N) is 1. The Morgan fingerprint density at radius 3 is 2.75 bits per heavy atom. The number of benzene rings is 1. The van der Waals surface area contributed by atoms with Crippen LogP contribution in [-0.4, -0.2) is 25.8 Å². The summed E-state index contributed by atoms with van der Waals surface area (Å²) in [5, 5.41) is 0.408. The molecule has 3 nitrogen and oxygen atoms in total. The van der Waals surface area contributed by atoms with Crippen LogP contribution in [-0.2, 0) is 15.9 Å². The lowest BCUT2D eigenvalue weighted by Gasteiger charge is -2.17. The zero-order valence-corrected chi connectivity index (χ0v) is 13.8. The quantitative estimate of drug-likeness (QED) is 0.765. The van der Waals surface area contributed by atoms with Gasteiger partial charge >= 0.3 is 0 Å². The summed E-state index contributed by atoms with van der Waals surface area (Å²) in [5.41, 5.74) is 0.748. The van der Waals surface area contributed by atoms with Crippen molar-refractivity contribution in [3.05, 3.63) is 28.8 Å². The Bertz CT molecular complexity index is 575. The number of halogens is 2. The average molecular weight is 336 g/mol. The minimum absolute atomic E-state index is 0.258. The summed E-state index contributed by atoms with van der Waals surface area (Å²) in [4.78, 5) is 0.258. The normalized spacial score (nSPS) is 20.4. The molecule has 1 unspecified atom stereocenters. The molecule has 1 aliphatic rings. The second-order valence-electron chi connectivity index (χ2n) is 5.19. The van der Waals surface area contributed by atoms with Gasteiger partial charge in [-0.2, -0.15) is 4.31 Å². The third-order valence-electron chi connectivity index (χ3n) is 3.75. The summed E-state index contributed by atoms with van der Waals surface area (Å²) in [7, 11) is -3.43. The molecule has 2 rings (SSSR count). The molecule has 0 saturated carbocycles. The van der Waals surface area contributed by atoms with E-state index in [1.807, 2.05) is 0 Å². The van der Waals surface area contributed by atoms with Gasteiger partial charge in [-0.1, -0.05) is 31.0 Å². The molecule has 0 bridgehead atoms. The minimum Gasteiger partial charge on any atom is -0.207 e. The van der Waals surface area contributed by atoms with Gasteiger partial charge in [0.2, 0.25) is 10.0 Å². The highest BCUT2D eigenvalue weighted by molar-refractivity contribution is 7.89. The van der Waals surface area contributed by atoms with Crippen LogP contribution in [0.2, 0.25) is 5.02 Å². The summed E-state index contributed by atoms with van der Waals surface area (Å²) in [6.45, 7) is 3.34. The van der Waals surface area contributed by atoms with Crippen LogP contribution in [0.3, 0.4) is 0 Å². The maximum Gasteiger partial charge on any atom is 0.243 e. The highest BCUT2D eigenvalue weighted by atomic mass is 35.5. The average Bonchev–Trinajstić information content (AvgIpc) is 2.88. The fourth-order valence-corrected chi connectivity index (χ4v) is 4.78. The predicted molar refractivity (Wildman–Crippen MR) is 82.8 cm³/mol. The predicted octanol–water partition coefficient (Wildman–Crippen LogP) is 3.89. The molecule has 1 aromatic carbocycles. The number of sulfonamides is 1. The minimum atomic E-state index is -3.43. The first-order valence-corrected chi connectivity index (χ1v) is 9.18. The van der Waals surface area contributed by atoms with Gasteiger partial charge in [0.1, 0.15) is 0 Å². The van der Waals surface area contributed by atoms with Crippen molar-refractivity contribution in [2.45, 2.75) is 37.0 Å². The number of hydrogen-bond donors (Lipinski definition) is 0. The molecule has 0 radical (unpaired) electrons. The third kappa shape index (κ3) is 3.30. The van der Waals surface area contributed by atoms with Crippen LogP contribution in [0.4, 0.5) is 0 Å². The van der Waals surface area contributed by atoms with Crippen molar-refractivity contribution in [2.75, 3.05) is 13.1 Å². The standard InChI is InChI=1S/C14H19Cl2NO2S/c1-2-3-11-6-7-17(10-11)20(18,19)13-5-4-12(9-15)14(16)8-13/h4-5,8,11H,2-3,6-7,9-10H2,1H3. The van der Waals surface area contributed by atoms with Gasteiger partial charge in [-0.05, 0) is 36.5 Å². The van der Waals surface area contributed by atoms with Gasteiger partial charge in [0.05, 0.1) is 4.90 Å². The van der Waals surface area contributed by atoms with Gasteiger partial charge in [-0.3, -0.25) is 0 Å². The van der Waals surface area contributed by atoms with Gasteiger partial charge < -0.3 is 0 Å². The van der Waals surface area contributed by atoms with Crippen LogP contribution in [0.5, 0.6) is 0 Å². The van der Waals surface area contributed by atoms with Gasteiger partial charge in [0.25, 0.3) is 0 Å². The van der Waals surface area contributed by atoms with Crippen LogP contribution in [0.1, 0.15) is 31.7 Å². The molecule has 6 heteroatoms. The van der Waals surface area contributed by atoms with Gasteiger partial charge in [0, 0.05) is 24.0 Å². The van der Waals surface area contributed by atoms with Crippen LogP contribution in [0.15, 0.2) is 23.1 Å². The van der Waals surface area contributed by atoms with Crippen molar-refractivity contribution in [3.8, 4) is 0 Å². The summed E-state index contributed by atoms with van der Waals surface area (Å²) < 4.78 is 26.7. The summed E-state index contributed by atoms with van der Waals surface area (Å²) in [6.07, 6.45) is 3.12. The molecule has 1 aromatic rings. The fourth-order valence-electron chi connectivity index (χ4n) is 2.61. The van der Waals surface area contributed by atoms with E-state index in [9.17, 15) is 8.42 Å². The molecule has 1 heterocycles. The lowest BCUT2D eigenvalue weighted by atomic mass is 10.0. The Morgan fingerprint density at radius 1 is 1.40 bits per heavy atom. The molecule has 0 spiro atoms. The topological polar surface area (TPSA) is 37.4 Å². The van der Waals surface area contributed by atoms with E-state index in [1.165, 1.54) is 6.07 Å².